The third-order valence-electron chi connectivity index (χ3n) is 3.80. The second kappa shape index (κ2) is 7.16. The molecule has 4 heteroatoms. The Morgan fingerprint density at radius 3 is 3.00 bits per heavy atom. The summed E-state index contributed by atoms with van der Waals surface area (Å²) in [5, 5.41) is 6.28. The lowest BCUT2D eigenvalue weighted by atomic mass is 10.1. The molecular formula is C16H23N3O. The van der Waals surface area contributed by atoms with Crippen molar-refractivity contribution in [1.29, 1.82) is 0 Å². The molecule has 1 atom stereocenters. The van der Waals surface area contributed by atoms with Crippen LogP contribution in [0.5, 0.6) is 0 Å². The Hall–Kier alpha value is -1.73. The quantitative estimate of drug-likeness (QED) is 0.805. The smallest absolute Gasteiger partial charge is 0.268 e. The molecule has 4 nitrogen and oxygen atoms in total. The van der Waals surface area contributed by atoms with Crippen LogP contribution in [0, 0.1) is 12.3 Å². The van der Waals surface area contributed by atoms with E-state index in [-0.39, 0.29) is 11.9 Å². The maximum Gasteiger partial charge on any atom is 0.268 e. The molecule has 0 aromatic carbocycles. The van der Waals surface area contributed by atoms with E-state index in [9.17, 15) is 4.79 Å². The van der Waals surface area contributed by atoms with E-state index in [1.165, 1.54) is 0 Å². The summed E-state index contributed by atoms with van der Waals surface area (Å²) in [6.45, 7) is 4.08. The highest BCUT2D eigenvalue weighted by molar-refractivity contribution is 5.93. The second-order valence-electron chi connectivity index (χ2n) is 5.26. The van der Waals surface area contributed by atoms with Crippen molar-refractivity contribution in [2.24, 2.45) is 0 Å². The molecule has 108 valence electrons. The SMILES string of the molecule is C#CC(CCC)NC(=O)c1cccn1C1CCNCC1. The molecule has 0 radical (unpaired) electrons. The van der Waals surface area contributed by atoms with Gasteiger partial charge in [-0.2, -0.15) is 0 Å². The van der Waals surface area contributed by atoms with E-state index < -0.39 is 0 Å². The van der Waals surface area contributed by atoms with Crippen LogP contribution in [0.1, 0.15) is 49.1 Å². The number of aromatic nitrogens is 1. The van der Waals surface area contributed by atoms with Gasteiger partial charge >= 0.3 is 0 Å². The normalized spacial score (nSPS) is 17.4. The topological polar surface area (TPSA) is 46.1 Å². The predicted octanol–water partition coefficient (Wildman–Crippen LogP) is 1.94. The molecule has 1 unspecified atom stereocenters. The summed E-state index contributed by atoms with van der Waals surface area (Å²) in [5.41, 5.74) is 0.716. The minimum atomic E-state index is -0.177. The molecule has 2 N–H and O–H groups in total. The number of piperidine rings is 1. The van der Waals surface area contributed by atoms with E-state index in [0.717, 1.165) is 38.8 Å². The fourth-order valence-corrected chi connectivity index (χ4v) is 2.71. The Morgan fingerprint density at radius 2 is 2.35 bits per heavy atom. The van der Waals surface area contributed by atoms with Gasteiger partial charge < -0.3 is 15.2 Å². The monoisotopic (exact) mass is 273 g/mol. The van der Waals surface area contributed by atoms with E-state index in [0.29, 0.717) is 11.7 Å². The van der Waals surface area contributed by atoms with Crippen molar-refractivity contribution in [2.45, 2.75) is 44.7 Å². The fraction of sp³-hybridized carbons (Fsp3) is 0.562. The molecule has 2 heterocycles. The number of carbonyl (C=O) groups excluding carboxylic acids is 1. The summed E-state index contributed by atoms with van der Waals surface area (Å²) < 4.78 is 2.09. The molecule has 0 aliphatic carbocycles. The number of carbonyl (C=O) groups is 1. The minimum absolute atomic E-state index is 0.0649. The van der Waals surface area contributed by atoms with Gasteiger partial charge in [-0.25, -0.2) is 0 Å². The van der Waals surface area contributed by atoms with Crippen molar-refractivity contribution in [3.63, 3.8) is 0 Å². The summed E-state index contributed by atoms with van der Waals surface area (Å²) in [6.07, 6.45) is 11.4. The van der Waals surface area contributed by atoms with E-state index >= 15 is 0 Å². The van der Waals surface area contributed by atoms with Gasteiger partial charge in [-0.3, -0.25) is 4.79 Å². The van der Waals surface area contributed by atoms with Gasteiger partial charge in [0.2, 0.25) is 0 Å². The van der Waals surface area contributed by atoms with Crippen molar-refractivity contribution < 1.29 is 4.79 Å². The number of hydrogen-bond donors (Lipinski definition) is 2. The van der Waals surface area contributed by atoms with Gasteiger partial charge in [0.1, 0.15) is 5.69 Å². The summed E-state index contributed by atoms with van der Waals surface area (Å²) in [6, 6.07) is 4.03. The van der Waals surface area contributed by atoms with Crippen molar-refractivity contribution in [2.75, 3.05) is 13.1 Å². The molecule has 1 aliphatic rings. The first kappa shape index (κ1) is 14.7. The Morgan fingerprint density at radius 1 is 1.60 bits per heavy atom. The molecule has 0 bridgehead atoms. The summed E-state index contributed by atoms with van der Waals surface area (Å²) in [4.78, 5) is 12.4. The number of nitrogens with zero attached hydrogens (tertiary/aromatic N) is 1. The van der Waals surface area contributed by atoms with Gasteiger partial charge in [0, 0.05) is 12.2 Å². The first-order chi connectivity index (χ1) is 9.76. The zero-order valence-electron chi connectivity index (χ0n) is 12.1. The number of nitrogens with one attached hydrogen (secondary N) is 2. The highest BCUT2D eigenvalue weighted by atomic mass is 16.2. The highest BCUT2D eigenvalue weighted by Gasteiger charge is 2.20. The van der Waals surface area contributed by atoms with E-state index in [1.807, 2.05) is 18.3 Å². The van der Waals surface area contributed by atoms with Crippen molar-refractivity contribution in [1.82, 2.24) is 15.2 Å². The van der Waals surface area contributed by atoms with Crippen LogP contribution in [0.25, 0.3) is 0 Å². The van der Waals surface area contributed by atoms with Gasteiger partial charge in [-0.05, 0) is 44.5 Å². The van der Waals surface area contributed by atoms with Crippen LogP contribution in [-0.2, 0) is 0 Å². The number of amides is 1. The molecule has 1 aromatic heterocycles. The van der Waals surface area contributed by atoms with Crippen molar-refractivity contribution in [3.05, 3.63) is 24.0 Å². The Kier molecular flexibility index (Phi) is 5.25. The fourth-order valence-electron chi connectivity index (χ4n) is 2.71. The van der Waals surface area contributed by atoms with Crippen LogP contribution in [0.3, 0.4) is 0 Å². The second-order valence-corrected chi connectivity index (χ2v) is 5.26. The van der Waals surface area contributed by atoms with Crippen LogP contribution in [0.4, 0.5) is 0 Å². The Labute approximate surface area is 120 Å². The third-order valence-corrected chi connectivity index (χ3v) is 3.80. The maximum absolute atomic E-state index is 12.4. The molecule has 0 spiro atoms. The predicted molar refractivity (Wildman–Crippen MR) is 80.6 cm³/mol. The van der Waals surface area contributed by atoms with Crippen molar-refractivity contribution in [3.8, 4) is 12.3 Å². The largest absolute Gasteiger partial charge is 0.340 e. The van der Waals surface area contributed by atoms with Crippen LogP contribution >= 0.6 is 0 Å². The molecule has 20 heavy (non-hydrogen) atoms. The lowest BCUT2D eigenvalue weighted by Crippen LogP contribution is -2.36. The number of rotatable bonds is 5. The first-order valence-electron chi connectivity index (χ1n) is 7.40. The van der Waals surface area contributed by atoms with Gasteiger partial charge in [0.25, 0.3) is 5.91 Å². The molecular weight excluding hydrogens is 250 g/mol. The van der Waals surface area contributed by atoms with Gasteiger partial charge in [0.15, 0.2) is 0 Å². The van der Waals surface area contributed by atoms with Crippen molar-refractivity contribution >= 4 is 5.91 Å². The molecule has 1 amide bonds. The van der Waals surface area contributed by atoms with Gasteiger partial charge in [-0.15, -0.1) is 6.42 Å². The number of hydrogen-bond acceptors (Lipinski definition) is 2. The average molecular weight is 273 g/mol. The zero-order valence-corrected chi connectivity index (χ0v) is 12.1. The summed E-state index contributed by atoms with van der Waals surface area (Å²) in [5.74, 6) is 2.58. The zero-order chi connectivity index (χ0) is 14.4. The molecule has 1 aliphatic heterocycles. The van der Waals surface area contributed by atoms with E-state index in [4.69, 9.17) is 6.42 Å². The lowest BCUT2D eigenvalue weighted by Gasteiger charge is -2.26. The Balaban J connectivity index is 2.07. The molecule has 1 aromatic rings. The molecule has 1 fully saturated rings. The van der Waals surface area contributed by atoms with E-state index in [2.05, 4.69) is 28.0 Å². The maximum atomic E-state index is 12.4. The molecule has 0 saturated carbocycles. The minimum Gasteiger partial charge on any atom is -0.340 e. The van der Waals surface area contributed by atoms with Crippen LogP contribution < -0.4 is 10.6 Å². The van der Waals surface area contributed by atoms with Crippen LogP contribution in [0.2, 0.25) is 0 Å². The van der Waals surface area contributed by atoms with E-state index in [1.54, 1.807) is 0 Å². The molecule has 1 saturated heterocycles. The van der Waals surface area contributed by atoms with Gasteiger partial charge in [0.05, 0.1) is 6.04 Å². The summed E-state index contributed by atoms with van der Waals surface area (Å²) >= 11 is 0. The number of terminal acetylenes is 1. The Bertz CT molecular complexity index is 480. The summed E-state index contributed by atoms with van der Waals surface area (Å²) in [7, 11) is 0. The third kappa shape index (κ3) is 3.43. The standard InChI is InChI=1S/C16H23N3O/c1-3-6-13(4-2)18-16(20)15-7-5-12-19(15)14-8-10-17-11-9-14/h2,5,7,12-14,17H,3,6,8-11H2,1H3,(H,18,20). The first-order valence-corrected chi connectivity index (χ1v) is 7.40. The highest BCUT2D eigenvalue weighted by Crippen LogP contribution is 2.21. The van der Waals surface area contributed by atoms with Crippen LogP contribution in [0.15, 0.2) is 18.3 Å². The van der Waals surface area contributed by atoms with Crippen LogP contribution in [-0.4, -0.2) is 29.6 Å². The molecule has 2 rings (SSSR count). The average Bonchev–Trinajstić information content (AvgIpc) is 2.97. The lowest BCUT2D eigenvalue weighted by molar-refractivity contribution is 0.0931. The van der Waals surface area contributed by atoms with Gasteiger partial charge in [-0.1, -0.05) is 19.3 Å².